The highest BCUT2D eigenvalue weighted by Crippen LogP contribution is 2.40. The molecule has 3 aromatic rings. The number of hydrogen-bond acceptors (Lipinski definition) is 3. The first kappa shape index (κ1) is 13.7. The van der Waals surface area contributed by atoms with E-state index in [4.69, 9.17) is 0 Å². The third-order valence-corrected chi connectivity index (χ3v) is 4.11. The number of nitrogens with one attached hydrogen (secondary N) is 1. The molecule has 0 aliphatic heterocycles. The maximum Gasteiger partial charge on any atom is 0.251 e. The molecule has 0 saturated heterocycles. The molecule has 1 saturated carbocycles. The van der Waals surface area contributed by atoms with Crippen LogP contribution in [0.15, 0.2) is 67.4 Å². The summed E-state index contributed by atoms with van der Waals surface area (Å²) in [6.45, 7) is 0. The zero-order valence-electron chi connectivity index (χ0n) is 12.5. The fraction of sp³-hybridized carbons (Fsp3) is 0.167. The Labute approximate surface area is 134 Å². The third kappa shape index (κ3) is 2.85. The van der Waals surface area contributed by atoms with Crippen LogP contribution in [-0.2, 0) is 0 Å². The van der Waals surface area contributed by atoms with E-state index in [2.05, 4.69) is 27.4 Å². The molecule has 114 valence electrons. The fourth-order valence-corrected chi connectivity index (χ4v) is 2.77. The summed E-state index contributed by atoms with van der Waals surface area (Å²) in [5.74, 6) is 1.05. The van der Waals surface area contributed by atoms with Gasteiger partial charge in [-0.3, -0.25) is 9.36 Å². The van der Waals surface area contributed by atoms with Gasteiger partial charge in [0.05, 0.1) is 0 Å². The van der Waals surface area contributed by atoms with E-state index in [1.54, 1.807) is 41.6 Å². The van der Waals surface area contributed by atoms with Crippen LogP contribution in [0.3, 0.4) is 0 Å². The van der Waals surface area contributed by atoms with Gasteiger partial charge in [0.1, 0.15) is 12.1 Å². The Morgan fingerprint density at radius 2 is 2.04 bits per heavy atom. The largest absolute Gasteiger partial charge is 0.349 e. The number of imidazole rings is 1. The first-order valence-corrected chi connectivity index (χ1v) is 7.61. The second-order valence-electron chi connectivity index (χ2n) is 5.71. The Balaban J connectivity index is 1.45. The number of carbonyl (C=O) groups is 1. The van der Waals surface area contributed by atoms with Crippen molar-refractivity contribution in [2.45, 2.75) is 18.4 Å². The first-order chi connectivity index (χ1) is 11.3. The van der Waals surface area contributed by atoms with Crippen molar-refractivity contribution in [1.29, 1.82) is 0 Å². The molecule has 4 rings (SSSR count). The van der Waals surface area contributed by atoms with Gasteiger partial charge in [0, 0.05) is 36.1 Å². The molecule has 0 spiro atoms. The van der Waals surface area contributed by atoms with Gasteiger partial charge < -0.3 is 5.32 Å². The lowest BCUT2D eigenvalue weighted by Crippen LogP contribution is -2.26. The normalized spacial score (nSPS) is 19.3. The molecular weight excluding hydrogens is 288 g/mol. The van der Waals surface area contributed by atoms with Crippen molar-refractivity contribution in [1.82, 2.24) is 19.9 Å². The SMILES string of the molecule is O=C(N[C@H]1C[C@@H]1c1ccccc1)c1ccnc(-n2ccnc2)c1. The van der Waals surface area contributed by atoms with Crippen LogP contribution in [0, 0.1) is 0 Å². The molecule has 1 aliphatic rings. The quantitative estimate of drug-likeness (QED) is 0.806. The Bertz CT molecular complexity index is 814. The first-order valence-electron chi connectivity index (χ1n) is 7.61. The van der Waals surface area contributed by atoms with Crippen molar-refractivity contribution in [3.8, 4) is 5.82 Å². The van der Waals surface area contributed by atoms with Gasteiger partial charge in [-0.25, -0.2) is 9.97 Å². The molecule has 1 aliphatic carbocycles. The molecule has 23 heavy (non-hydrogen) atoms. The number of pyridine rings is 1. The van der Waals surface area contributed by atoms with Gasteiger partial charge in [-0.1, -0.05) is 30.3 Å². The molecule has 2 heterocycles. The van der Waals surface area contributed by atoms with Crippen LogP contribution >= 0.6 is 0 Å². The third-order valence-electron chi connectivity index (χ3n) is 4.11. The van der Waals surface area contributed by atoms with E-state index in [9.17, 15) is 4.79 Å². The number of amides is 1. The van der Waals surface area contributed by atoms with Crippen molar-refractivity contribution in [2.75, 3.05) is 0 Å². The van der Waals surface area contributed by atoms with E-state index >= 15 is 0 Å². The van der Waals surface area contributed by atoms with Crippen LogP contribution in [0.25, 0.3) is 5.82 Å². The van der Waals surface area contributed by atoms with Gasteiger partial charge in [-0.05, 0) is 24.1 Å². The molecule has 2 atom stereocenters. The predicted octanol–water partition coefficient (Wildman–Crippen LogP) is 2.55. The van der Waals surface area contributed by atoms with E-state index in [-0.39, 0.29) is 11.9 Å². The van der Waals surface area contributed by atoms with Crippen LogP contribution in [0.4, 0.5) is 0 Å². The summed E-state index contributed by atoms with van der Waals surface area (Å²) in [4.78, 5) is 20.7. The van der Waals surface area contributed by atoms with Crippen LogP contribution < -0.4 is 5.32 Å². The summed E-state index contributed by atoms with van der Waals surface area (Å²) < 4.78 is 1.78. The maximum absolute atomic E-state index is 12.4. The van der Waals surface area contributed by atoms with Crippen LogP contribution in [0.5, 0.6) is 0 Å². The maximum atomic E-state index is 12.4. The number of rotatable bonds is 4. The molecule has 1 amide bonds. The number of hydrogen-bond donors (Lipinski definition) is 1. The Morgan fingerprint density at radius 3 is 2.83 bits per heavy atom. The zero-order valence-corrected chi connectivity index (χ0v) is 12.5. The van der Waals surface area contributed by atoms with E-state index in [0.29, 0.717) is 17.3 Å². The standard InChI is InChI=1S/C18H16N4O/c23-18(21-16-11-15(16)13-4-2-1-3-5-13)14-6-7-20-17(10-14)22-9-8-19-12-22/h1-10,12,15-16H,11H2,(H,21,23)/t15-,16+/m1/s1. The van der Waals surface area contributed by atoms with E-state index in [1.165, 1.54) is 5.56 Å². The van der Waals surface area contributed by atoms with E-state index in [0.717, 1.165) is 6.42 Å². The van der Waals surface area contributed by atoms with Crippen molar-refractivity contribution < 1.29 is 4.79 Å². The topological polar surface area (TPSA) is 59.8 Å². The van der Waals surface area contributed by atoms with Crippen molar-refractivity contribution in [2.24, 2.45) is 0 Å². The van der Waals surface area contributed by atoms with Crippen LogP contribution in [0.2, 0.25) is 0 Å². The molecule has 0 unspecified atom stereocenters. The van der Waals surface area contributed by atoms with Crippen molar-refractivity contribution in [3.63, 3.8) is 0 Å². The molecule has 0 radical (unpaired) electrons. The summed E-state index contributed by atoms with van der Waals surface area (Å²) >= 11 is 0. The average Bonchev–Trinajstić information content (AvgIpc) is 3.14. The van der Waals surface area contributed by atoms with Gasteiger partial charge in [0.25, 0.3) is 5.91 Å². The monoisotopic (exact) mass is 304 g/mol. The lowest BCUT2D eigenvalue weighted by molar-refractivity contribution is 0.0950. The highest BCUT2D eigenvalue weighted by molar-refractivity contribution is 5.95. The van der Waals surface area contributed by atoms with Crippen LogP contribution in [0.1, 0.15) is 28.3 Å². The molecule has 5 nitrogen and oxygen atoms in total. The molecule has 5 heteroatoms. The molecule has 1 aromatic carbocycles. The number of benzene rings is 1. The Morgan fingerprint density at radius 1 is 1.17 bits per heavy atom. The summed E-state index contributed by atoms with van der Waals surface area (Å²) in [5, 5.41) is 3.10. The van der Waals surface area contributed by atoms with E-state index < -0.39 is 0 Å². The second-order valence-corrected chi connectivity index (χ2v) is 5.71. The Kier molecular flexibility index (Phi) is 3.38. The second kappa shape index (κ2) is 5.68. The minimum atomic E-state index is -0.0582. The van der Waals surface area contributed by atoms with Crippen molar-refractivity contribution in [3.05, 3.63) is 78.5 Å². The summed E-state index contributed by atoms with van der Waals surface area (Å²) in [5.41, 5.74) is 1.90. The van der Waals surface area contributed by atoms with Gasteiger partial charge in [0.2, 0.25) is 0 Å². The predicted molar refractivity (Wildman–Crippen MR) is 86.4 cm³/mol. The molecular formula is C18H16N4O. The minimum Gasteiger partial charge on any atom is -0.349 e. The summed E-state index contributed by atoms with van der Waals surface area (Å²) in [6, 6.07) is 14.0. The van der Waals surface area contributed by atoms with E-state index in [1.807, 2.05) is 18.2 Å². The average molecular weight is 304 g/mol. The number of carbonyl (C=O) groups excluding carboxylic acids is 1. The highest BCUT2D eigenvalue weighted by atomic mass is 16.1. The Hall–Kier alpha value is -2.95. The van der Waals surface area contributed by atoms with Gasteiger partial charge in [0.15, 0.2) is 0 Å². The lowest BCUT2D eigenvalue weighted by atomic mass is 10.1. The molecule has 1 N–H and O–H groups in total. The molecule has 2 aromatic heterocycles. The smallest absolute Gasteiger partial charge is 0.251 e. The number of aromatic nitrogens is 3. The van der Waals surface area contributed by atoms with Crippen molar-refractivity contribution >= 4 is 5.91 Å². The number of nitrogens with zero attached hydrogens (tertiary/aromatic N) is 3. The lowest BCUT2D eigenvalue weighted by Gasteiger charge is -2.07. The fourth-order valence-electron chi connectivity index (χ4n) is 2.77. The minimum absolute atomic E-state index is 0.0582. The van der Waals surface area contributed by atoms with Gasteiger partial charge in [-0.2, -0.15) is 0 Å². The molecule has 0 bridgehead atoms. The zero-order chi connectivity index (χ0) is 15.6. The summed E-state index contributed by atoms with van der Waals surface area (Å²) in [6.07, 6.45) is 7.79. The van der Waals surface area contributed by atoms with Gasteiger partial charge >= 0.3 is 0 Å². The van der Waals surface area contributed by atoms with Gasteiger partial charge in [-0.15, -0.1) is 0 Å². The molecule has 1 fully saturated rings. The highest BCUT2D eigenvalue weighted by Gasteiger charge is 2.39. The van der Waals surface area contributed by atoms with Crippen LogP contribution in [-0.4, -0.2) is 26.5 Å². The summed E-state index contributed by atoms with van der Waals surface area (Å²) in [7, 11) is 0.